The number of aryl methyl sites for hydroxylation is 1. The van der Waals surface area contributed by atoms with Crippen molar-refractivity contribution in [3.05, 3.63) is 59.2 Å². The maximum absolute atomic E-state index is 11.0. The smallest absolute Gasteiger partial charge is 0.335 e. The van der Waals surface area contributed by atoms with E-state index in [-0.39, 0.29) is 6.04 Å². The lowest BCUT2D eigenvalue weighted by Gasteiger charge is -2.23. The summed E-state index contributed by atoms with van der Waals surface area (Å²) in [5.41, 5.74) is 11.0. The van der Waals surface area contributed by atoms with E-state index in [9.17, 15) is 4.79 Å². The minimum atomic E-state index is -0.901. The van der Waals surface area contributed by atoms with Crippen LogP contribution in [-0.2, 0) is 6.42 Å². The van der Waals surface area contributed by atoms with Gasteiger partial charge in [-0.1, -0.05) is 24.3 Å². The highest BCUT2D eigenvalue weighted by Crippen LogP contribution is 2.32. The summed E-state index contributed by atoms with van der Waals surface area (Å²) in [5.74, 6) is -0.901. The fourth-order valence-corrected chi connectivity index (χ4v) is 2.85. The molecule has 3 rings (SSSR count). The van der Waals surface area contributed by atoms with E-state index in [1.54, 1.807) is 18.2 Å². The zero-order valence-electron chi connectivity index (χ0n) is 11.2. The Morgan fingerprint density at radius 1 is 1.15 bits per heavy atom. The van der Waals surface area contributed by atoms with Crippen molar-refractivity contribution in [2.45, 2.75) is 25.3 Å². The molecule has 3 N–H and O–H groups in total. The number of rotatable bonds is 2. The molecule has 102 valence electrons. The Kier molecular flexibility index (Phi) is 3.28. The van der Waals surface area contributed by atoms with E-state index in [1.165, 1.54) is 11.1 Å². The van der Waals surface area contributed by atoms with Gasteiger partial charge in [-0.15, -0.1) is 0 Å². The molecule has 3 nitrogen and oxygen atoms in total. The third-order valence-corrected chi connectivity index (χ3v) is 3.95. The Morgan fingerprint density at radius 3 is 2.75 bits per heavy atom. The maximum Gasteiger partial charge on any atom is 0.335 e. The Bertz CT molecular complexity index is 664. The van der Waals surface area contributed by atoms with Crippen LogP contribution in [0.25, 0.3) is 11.1 Å². The van der Waals surface area contributed by atoms with Crippen LogP contribution in [0.1, 0.15) is 40.4 Å². The normalized spacial score (nSPS) is 17.6. The minimum Gasteiger partial charge on any atom is -0.478 e. The standard InChI is InChI=1S/C17H17NO2/c18-16-6-2-3-11-7-8-13(10-15(11)16)12-4-1-5-14(9-12)17(19)20/h1,4-5,7-10,16H,2-3,6,18H2,(H,19,20). The van der Waals surface area contributed by atoms with Gasteiger partial charge in [0.15, 0.2) is 0 Å². The van der Waals surface area contributed by atoms with E-state index in [0.29, 0.717) is 5.56 Å². The molecule has 0 saturated heterocycles. The summed E-state index contributed by atoms with van der Waals surface area (Å²) >= 11 is 0. The van der Waals surface area contributed by atoms with E-state index >= 15 is 0 Å². The zero-order chi connectivity index (χ0) is 14.1. The van der Waals surface area contributed by atoms with E-state index < -0.39 is 5.97 Å². The first kappa shape index (κ1) is 12.9. The van der Waals surface area contributed by atoms with Gasteiger partial charge >= 0.3 is 5.97 Å². The molecule has 0 bridgehead atoms. The van der Waals surface area contributed by atoms with Crippen LogP contribution in [-0.4, -0.2) is 11.1 Å². The van der Waals surface area contributed by atoms with Crippen molar-refractivity contribution < 1.29 is 9.90 Å². The molecule has 0 aromatic heterocycles. The van der Waals surface area contributed by atoms with Crippen molar-refractivity contribution in [3.63, 3.8) is 0 Å². The van der Waals surface area contributed by atoms with Crippen LogP contribution in [0.15, 0.2) is 42.5 Å². The molecular weight excluding hydrogens is 250 g/mol. The number of aromatic carboxylic acids is 1. The summed E-state index contributed by atoms with van der Waals surface area (Å²) in [6.45, 7) is 0. The van der Waals surface area contributed by atoms with E-state index in [0.717, 1.165) is 30.4 Å². The van der Waals surface area contributed by atoms with Crippen LogP contribution < -0.4 is 5.73 Å². The fraction of sp³-hybridized carbons (Fsp3) is 0.235. The Labute approximate surface area is 118 Å². The third kappa shape index (κ3) is 2.32. The first-order valence-corrected chi connectivity index (χ1v) is 6.87. The number of hydrogen-bond acceptors (Lipinski definition) is 2. The lowest BCUT2D eigenvalue weighted by Crippen LogP contribution is -2.17. The highest BCUT2D eigenvalue weighted by Gasteiger charge is 2.17. The number of carbonyl (C=O) groups is 1. The topological polar surface area (TPSA) is 63.3 Å². The number of fused-ring (bicyclic) bond motifs is 1. The van der Waals surface area contributed by atoms with Gasteiger partial charge in [-0.25, -0.2) is 4.79 Å². The second kappa shape index (κ2) is 5.10. The van der Waals surface area contributed by atoms with E-state index in [4.69, 9.17) is 10.8 Å². The Hall–Kier alpha value is -2.13. The maximum atomic E-state index is 11.0. The summed E-state index contributed by atoms with van der Waals surface area (Å²) in [6, 6.07) is 13.4. The zero-order valence-corrected chi connectivity index (χ0v) is 11.2. The van der Waals surface area contributed by atoms with Crippen LogP contribution in [0.4, 0.5) is 0 Å². The van der Waals surface area contributed by atoms with Gasteiger partial charge in [-0.2, -0.15) is 0 Å². The largest absolute Gasteiger partial charge is 0.478 e. The third-order valence-electron chi connectivity index (χ3n) is 3.95. The molecule has 0 amide bonds. The van der Waals surface area contributed by atoms with Gasteiger partial charge in [-0.3, -0.25) is 0 Å². The van der Waals surface area contributed by atoms with E-state index in [2.05, 4.69) is 18.2 Å². The second-order valence-electron chi connectivity index (χ2n) is 5.30. The lowest BCUT2D eigenvalue weighted by molar-refractivity contribution is 0.0697. The molecule has 0 saturated carbocycles. The summed E-state index contributed by atoms with van der Waals surface area (Å²) < 4.78 is 0. The quantitative estimate of drug-likeness (QED) is 0.876. The number of benzene rings is 2. The minimum absolute atomic E-state index is 0.0985. The molecule has 0 heterocycles. The number of carboxylic acids is 1. The summed E-state index contributed by atoms with van der Waals surface area (Å²) in [5, 5.41) is 9.07. The number of hydrogen-bond donors (Lipinski definition) is 2. The highest BCUT2D eigenvalue weighted by molar-refractivity contribution is 5.89. The molecule has 1 aliphatic carbocycles. The van der Waals surface area contributed by atoms with Gasteiger partial charge in [-0.05, 0) is 59.7 Å². The highest BCUT2D eigenvalue weighted by atomic mass is 16.4. The molecule has 3 heteroatoms. The molecule has 0 fully saturated rings. The molecule has 0 aliphatic heterocycles. The molecule has 0 radical (unpaired) electrons. The van der Waals surface area contributed by atoms with Gasteiger partial charge in [0.2, 0.25) is 0 Å². The van der Waals surface area contributed by atoms with Crippen molar-refractivity contribution >= 4 is 5.97 Å². The fourth-order valence-electron chi connectivity index (χ4n) is 2.85. The summed E-state index contributed by atoms with van der Waals surface area (Å²) in [6.07, 6.45) is 3.24. The van der Waals surface area contributed by atoms with Crippen LogP contribution in [0.2, 0.25) is 0 Å². The molecule has 2 aromatic rings. The van der Waals surface area contributed by atoms with Crippen molar-refractivity contribution in [2.24, 2.45) is 5.73 Å². The Morgan fingerprint density at radius 2 is 1.95 bits per heavy atom. The second-order valence-corrected chi connectivity index (χ2v) is 5.30. The average Bonchev–Trinajstić information content (AvgIpc) is 2.47. The lowest BCUT2D eigenvalue weighted by atomic mass is 9.86. The van der Waals surface area contributed by atoms with Gasteiger partial charge in [0.05, 0.1) is 5.56 Å². The van der Waals surface area contributed by atoms with Crippen molar-refractivity contribution in [2.75, 3.05) is 0 Å². The van der Waals surface area contributed by atoms with Gasteiger partial charge in [0, 0.05) is 6.04 Å². The summed E-state index contributed by atoms with van der Waals surface area (Å²) in [7, 11) is 0. The van der Waals surface area contributed by atoms with Crippen LogP contribution >= 0.6 is 0 Å². The van der Waals surface area contributed by atoms with Crippen LogP contribution in [0, 0.1) is 0 Å². The predicted molar refractivity (Wildman–Crippen MR) is 78.7 cm³/mol. The summed E-state index contributed by atoms with van der Waals surface area (Å²) in [4.78, 5) is 11.0. The molecule has 1 aliphatic rings. The molecule has 0 spiro atoms. The van der Waals surface area contributed by atoms with Gasteiger partial charge in [0.1, 0.15) is 0 Å². The van der Waals surface area contributed by atoms with Gasteiger partial charge < -0.3 is 10.8 Å². The van der Waals surface area contributed by atoms with Crippen molar-refractivity contribution in [1.29, 1.82) is 0 Å². The molecular formula is C17H17NO2. The van der Waals surface area contributed by atoms with Crippen molar-refractivity contribution in [3.8, 4) is 11.1 Å². The molecule has 20 heavy (non-hydrogen) atoms. The molecule has 1 atom stereocenters. The molecule has 1 unspecified atom stereocenters. The monoisotopic (exact) mass is 267 g/mol. The average molecular weight is 267 g/mol. The Balaban J connectivity index is 2.04. The molecule has 2 aromatic carbocycles. The first-order chi connectivity index (χ1) is 9.65. The van der Waals surface area contributed by atoms with Crippen molar-refractivity contribution in [1.82, 2.24) is 0 Å². The van der Waals surface area contributed by atoms with Gasteiger partial charge in [0.25, 0.3) is 0 Å². The predicted octanol–water partition coefficient (Wildman–Crippen LogP) is 3.39. The number of nitrogens with two attached hydrogens (primary N) is 1. The van der Waals surface area contributed by atoms with E-state index in [1.807, 2.05) is 6.07 Å². The van der Waals surface area contributed by atoms with Crippen LogP contribution in [0.5, 0.6) is 0 Å². The van der Waals surface area contributed by atoms with Crippen LogP contribution in [0.3, 0.4) is 0 Å². The first-order valence-electron chi connectivity index (χ1n) is 6.87. The number of carboxylic acid groups (broad SMARTS) is 1. The SMILES string of the molecule is NC1CCCc2ccc(-c3cccc(C(=O)O)c3)cc21.